The van der Waals surface area contributed by atoms with Crippen LogP contribution in [0.15, 0.2) is 48.5 Å². The predicted octanol–water partition coefficient (Wildman–Crippen LogP) is 2.73. The standard InChI is InChI=1S/C18H18N2O4/c1-12(21)15-5-3-4-6-16(15)20-17(22)11-19-14-9-7-13(8-10-14)18(23)24-2/h3-10,19H,11H2,1-2H3,(H,20,22). The quantitative estimate of drug-likeness (QED) is 0.630. The first-order valence-corrected chi connectivity index (χ1v) is 7.33. The van der Waals surface area contributed by atoms with Crippen LogP contribution in [0.5, 0.6) is 0 Å². The molecular formula is C18H18N2O4. The van der Waals surface area contributed by atoms with Crippen LogP contribution in [0.25, 0.3) is 0 Å². The van der Waals surface area contributed by atoms with Crippen LogP contribution in [-0.2, 0) is 9.53 Å². The zero-order valence-corrected chi connectivity index (χ0v) is 13.5. The molecule has 0 aliphatic rings. The Morgan fingerprint density at radius 2 is 1.67 bits per heavy atom. The van der Waals surface area contributed by atoms with E-state index in [-0.39, 0.29) is 18.2 Å². The third kappa shape index (κ3) is 4.42. The highest BCUT2D eigenvalue weighted by Crippen LogP contribution is 2.15. The summed E-state index contributed by atoms with van der Waals surface area (Å²) in [7, 11) is 1.32. The molecule has 0 saturated heterocycles. The number of Topliss-reactive ketones (excluding diaryl/α,β-unsaturated/α-hetero) is 1. The topological polar surface area (TPSA) is 84.5 Å². The van der Waals surface area contributed by atoms with E-state index in [0.29, 0.717) is 22.5 Å². The summed E-state index contributed by atoms with van der Waals surface area (Å²) in [5.41, 5.74) is 2.08. The fourth-order valence-corrected chi connectivity index (χ4v) is 2.12. The number of nitrogens with one attached hydrogen (secondary N) is 2. The van der Waals surface area contributed by atoms with Gasteiger partial charge in [-0.25, -0.2) is 4.79 Å². The van der Waals surface area contributed by atoms with E-state index in [1.165, 1.54) is 14.0 Å². The Morgan fingerprint density at radius 1 is 1.00 bits per heavy atom. The van der Waals surface area contributed by atoms with Crippen LogP contribution in [0.2, 0.25) is 0 Å². The van der Waals surface area contributed by atoms with E-state index in [1.54, 1.807) is 48.5 Å². The molecule has 0 heterocycles. The van der Waals surface area contributed by atoms with Gasteiger partial charge < -0.3 is 15.4 Å². The minimum Gasteiger partial charge on any atom is -0.465 e. The van der Waals surface area contributed by atoms with E-state index >= 15 is 0 Å². The van der Waals surface area contributed by atoms with Crippen molar-refractivity contribution < 1.29 is 19.1 Å². The van der Waals surface area contributed by atoms with Crippen molar-refractivity contribution in [3.05, 3.63) is 59.7 Å². The minimum atomic E-state index is -0.417. The maximum atomic E-state index is 12.0. The molecule has 2 aromatic rings. The maximum absolute atomic E-state index is 12.0. The number of amides is 1. The molecular weight excluding hydrogens is 308 g/mol. The van der Waals surface area contributed by atoms with Crippen LogP contribution in [0.4, 0.5) is 11.4 Å². The minimum absolute atomic E-state index is 0.0316. The van der Waals surface area contributed by atoms with Gasteiger partial charge in [-0.1, -0.05) is 12.1 Å². The van der Waals surface area contributed by atoms with Crippen LogP contribution in [0, 0.1) is 0 Å². The fourth-order valence-electron chi connectivity index (χ4n) is 2.12. The number of ether oxygens (including phenoxy) is 1. The normalized spacial score (nSPS) is 9.92. The van der Waals surface area contributed by atoms with Gasteiger partial charge in [-0.15, -0.1) is 0 Å². The molecule has 0 unspecified atom stereocenters. The highest BCUT2D eigenvalue weighted by Gasteiger charge is 2.10. The van der Waals surface area contributed by atoms with Crippen molar-refractivity contribution in [2.24, 2.45) is 0 Å². The second-order valence-corrected chi connectivity index (χ2v) is 5.07. The highest BCUT2D eigenvalue weighted by molar-refractivity contribution is 6.04. The molecule has 1 amide bonds. The monoisotopic (exact) mass is 326 g/mol. The van der Waals surface area contributed by atoms with E-state index in [1.807, 2.05) is 0 Å². The largest absolute Gasteiger partial charge is 0.465 e. The lowest BCUT2D eigenvalue weighted by Crippen LogP contribution is -2.22. The first-order valence-electron chi connectivity index (χ1n) is 7.33. The van der Waals surface area contributed by atoms with Crippen molar-refractivity contribution in [2.45, 2.75) is 6.92 Å². The Labute approximate surface area is 139 Å². The van der Waals surface area contributed by atoms with E-state index in [9.17, 15) is 14.4 Å². The lowest BCUT2D eigenvalue weighted by molar-refractivity contribution is -0.114. The lowest BCUT2D eigenvalue weighted by Gasteiger charge is -2.10. The smallest absolute Gasteiger partial charge is 0.337 e. The Morgan fingerprint density at radius 3 is 2.29 bits per heavy atom. The number of benzene rings is 2. The van der Waals surface area contributed by atoms with Gasteiger partial charge in [-0.2, -0.15) is 0 Å². The number of esters is 1. The van der Waals surface area contributed by atoms with Gasteiger partial charge in [0.1, 0.15) is 0 Å². The van der Waals surface area contributed by atoms with Gasteiger partial charge in [0.15, 0.2) is 5.78 Å². The number of hydrogen-bond acceptors (Lipinski definition) is 5. The summed E-state index contributed by atoms with van der Waals surface area (Å²) in [6, 6.07) is 13.4. The van der Waals surface area contributed by atoms with Gasteiger partial charge in [0.05, 0.1) is 24.9 Å². The number of para-hydroxylation sites is 1. The van der Waals surface area contributed by atoms with E-state index in [0.717, 1.165) is 0 Å². The molecule has 0 aliphatic carbocycles. The van der Waals surface area contributed by atoms with Crippen molar-refractivity contribution in [3.63, 3.8) is 0 Å². The second kappa shape index (κ2) is 7.92. The van der Waals surface area contributed by atoms with Crippen molar-refractivity contribution in [1.82, 2.24) is 0 Å². The lowest BCUT2D eigenvalue weighted by atomic mass is 10.1. The maximum Gasteiger partial charge on any atom is 0.337 e. The van der Waals surface area contributed by atoms with Gasteiger partial charge in [0.25, 0.3) is 0 Å². The first kappa shape index (κ1) is 17.2. The summed E-state index contributed by atoms with van der Waals surface area (Å²) in [6.45, 7) is 1.48. The van der Waals surface area contributed by atoms with Crippen molar-refractivity contribution in [3.8, 4) is 0 Å². The van der Waals surface area contributed by atoms with Gasteiger partial charge in [-0.05, 0) is 43.3 Å². The molecule has 2 N–H and O–H groups in total. The van der Waals surface area contributed by atoms with E-state index < -0.39 is 5.97 Å². The van der Waals surface area contributed by atoms with Gasteiger partial charge >= 0.3 is 5.97 Å². The van der Waals surface area contributed by atoms with Crippen molar-refractivity contribution in [1.29, 1.82) is 0 Å². The molecule has 0 atom stereocenters. The van der Waals surface area contributed by atoms with Crippen molar-refractivity contribution in [2.75, 3.05) is 24.3 Å². The molecule has 24 heavy (non-hydrogen) atoms. The number of ketones is 1. The number of methoxy groups -OCH3 is 1. The van der Waals surface area contributed by atoms with Crippen LogP contribution < -0.4 is 10.6 Å². The second-order valence-electron chi connectivity index (χ2n) is 5.07. The molecule has 0 aromatic heterocycles. The summed E-state index contributed by atoms with van der Waals surface area (Å²) >= 11 is 0. The van der Waals surface area contributed by atoms with Gasteiger partial charge in [0, 0.05) is 11.3 Å². The Hall–Kier alpha value is -3.15. The molecule has 6 nitrogen and oxygen atoms in total. The van der Waals surface area contributed by atoms with Crippen LogP contribution in [-0.4, -0.2) is 31.3 Å². The number of rotatable bonds is 6. The Balaban J connectivity index is 1.94. The number of anilines is 2. The van der Waals surface area contributed by atoms with E-state index in [4.69, 9.17) is 0 Å². The third-order valence-corrected chi connectivity index (χ3v) is 3.34. The molecule has 2 rings (SSSR count). The average molecular weight is 326 g/mol. The SMILES string of the molecule is COC(=O)c1ccc(NCC(=O)Nc2ccccc2C(C)=O)cc1. The highest BCUT2D eigenvalue weighted by atomic mass is 16.5. The third-order valence-electron chi connectivity index (χ3n) is 3.34. The van der Waals surface area contributed by atoms with E-state index in [2.05, 4.69) is 15.4 Å². The first-order chi connectivity index (χ1) is 11.5. The molecule has 0 saturated carbocycles. The summed E-state index contributed by atoms with van der Waals surface area (Å²) < 4.78 is 4.62. The molecule has 124 valence electrons. The zero-order valence-electron chi connectivity index (χ0n) is 13.5. The molecule has 0 bridgehead atoms. The molecule has 0 fully saturated rings. The van der Waals surface area contributed by atoms with Gasteiger partial charge in [-0.3, -0.25) is 9.59 Å². The predicted molar refractivity (Wildman–Crippen MR) is 91.3 cm³/mol. The Bertz CT molecular complexity index is 754. The summed E-state index contributed by atoms with van der Waals surface area (Å²) in [5, 5.41) is 5.65. The summed E-state index contributed by atoms with van der Waals surface area (Å²) in [4.78, 5) is 34.9. The zero-order chi connectivity index (χ0) is 17.5. The number of carbonyl (C=O) groups is 3. The average Bonchev–Trinajstić information content (AvgIpc) is 2.60. The van der Waals surface area contributed by atoms with Crippen LogP contribution in [0.1, 0.15) is 27.6 Å². The fraction of sp³-hybridized carbons (Fsp3) is 0.167. The molecule has 6 heteroatoms. The molecule has 0 radical (unpaired) electrons. The Kier molecular flexibility index (Phi) is 5.68. The summed E-state index contributed by atoms with van der Waals surface area (Å²) in [5.74, 6) is -0.807. The number of hydrogen-bond donors (Lipinski definition) is 2. The van der Waals surface area contributed by atoms with Crippen LogP contribution in [0.3, 0.4) is 0 Å². The molecule has 0 spiro atoms. The molecule has 2 aromatic carbocycles. The van der Waals surface area contributed by atoms with Gasteiger partial charge in [0.2, 0.25) is 5.91 Å². The molecule has 0 aliphatic heterocycles. The number of carbonyl (C=O) groups excluding carboxylic acids is 3. The van der Waals surface area contributed by atoms with Crippen LogP contribution >= 0.6 is 0 Å². The summed E-state index contributed by atoms with van der Waals surface area (Å²) in [6.07, 6.45) is 0. The van der Waals surface area contributed by atoms with Crippen molar-refractivity contribution >= 4 is 29.0 Å².